The summed E-state index contributed by atoms with van der Waals surface area (Å²) in [6, 6.07) is 12.9. The molecule has 0 aliphatic rings. The summed E-state index contributed by atoms with van der Waals surface area (Å²) in [4.78, 5) is 8.66. The lowest BCUT2D eigenvalue weighted by Gasteiger charge is -2.07. The smallest absolute Gasteiger partial charge is 0.159 e. The van der Waals surface area contributed by atoms with Crippen LogP contribution in [0.2, 0.25) is 0 Å². The fraction of sp³-hybridized carbons (Fsp3) is 0.231. The number of ether oxygens (including phenoxy) is 1. The van der Waals surface area contributed by atoms with Crippen LogP contribution in [0, 0.1) is 5.82 Å². The lowest BCUT2D eigenvalue weighted by molar-refractivity contribution is 0.182. The fourth-order valence-electron chi connectivity index (χ4n) is 3.09. The summed E-state index contributed by atoms with van der Waals surface area (Å²) in [5, 5.41) is 9.27. The molecule has 1 N–H and O–H groups in total. The van der Waals surface area contributed by atoms with E-state index in [4.69, 9.17) is 4.74 Å². The number of benzene rings is 2. The molecule has 0 bridgehead atoms. The van der Waals surface area contributed by atoms with E-state index in [0.29, 0.717) is 23.7 Å². The van der Waals surface area contributed by atoms with Gasteiger partial charge in [-0.05, 0) is 43.4 Å². The Morgan fingerprint density at radius 2 is 1.74 bits per heavy atom. The van der Waals surface area contributed by atoms with Gasteiger partial charge in [0.2, 0.25) is 0 Å². The molecule has 0 fully saturated rings. The van der Waals surface area contributed by atoms with Gasteiger partial charge < -0.3 is 9.84 Å². The lowest BCUT2D eigenvalue weighted by Crippen LogP contribution is -1.97. The summed E-state index contributed by atoms with van der Waals surface area (Å²) in [5.41, 5.74) is 3.16. The molecule has 5 heteroatoms. The molecule has 0 aliphatic heterocycles. The minimum absolute atomic E-state index is 0.258. The molecule has 0 saturated carbocycles. The van der Waals surface area contributed by atoms with Crippen molar-refractivity contribution in [3.8, 4) is 28.3 Å². The molecule has 0 saturated heterocycles. The Bertz CT molecular complexity index is 1010. The minimum atomic E-state index is -0.293. The third-order valence-electron chi connectivity index (χ3n) is 4.76. The van der Waals surface area contributed by atoms with Gasteiger partial charge >= 0.3 is 0 Å². The van der Waals surface area contributed by atoms with Crippen LogP contribution < -0.4 is 4.74 Å². The number of unbranched alkanes of at least 4 members (excludes halogenated alkanes) is 1. The second-order valence-electron chi connectivity index (χ2n) is 7.34. The molecule has 1 atom stereocenters. The van der Waals surface area contributed by atoms with Crippen LogP contribution in [-0.4, -0.2) is 27.8 Å². The van der Waals surface area contributed by atoms with Crippen molar-refractivity contribution in [2.75, 3.05) is 6.61 Å². The van der Waals surface area contributed by atoms with E-state index in [1.807, 2.05) is 36.4 Å². The minimum Gasteiger partial charge on any atom is -0.486 e. The first-order valence-corrected chi connectivity index (χ1v) is 10.4. The summed E-state index contributed by atoms with van der Waals surface area (Å²) in [5.74, 6) is 0.930. The van der Waals surface area contributed by atoms with Crippen molar-refractivity contribution >= 4 is 6.08 Å². The van der Waals surface area contributed by atoms with Crippen molar-refractivity contribution in [3.63, 3.8) is 0 Å². The van der Waals surface area contributed by atoms with Crippen LogP contribution in [0.5, 0.6) is 5.75 Å². The largest absolute Gasteiger partial charge is 0.486 e. The normalized spacial score (nSPS) is 12.1. The molecule has 1 unspecified atom stereocenters. The first kappa shape index (κ1) is 22.4. The highest BCUT2D eigenvalue weighted by Crippen LogP contribution is 2.25. The van der Waals surface area contributed by atoms with Crippen LogP contribution in [0.4, 0.5) is 4.39 Å². The lowest BCUT2D eigenvalue weighted by atomic mass is 10.0. The van der Waals surface area contributed by atoms with E-state index >= 15 is 0 Å². The van der Waals surface area contributed by atoms with E-state index < -0.39 is 0 Å². The summed E-state index contributed by atoms with van der Waals surface area (Å²) in [6.45, 7) is 5.79. The topological polar surface area (TPSA) is 55.2 Å². The average Bonchev–Trinajstić information content (AvgIpc) is 2.78. The zero-order valence-electron chi connectivity index (χ0n) is 17.7. The number of aliphatic hydroxyl groups is 1. The van der Waals surface area contributed by atoms with Crippen LogP contribution in [-0.2, 0) is 0 Å². The van der Waals surface area contributed by atoms with Crippen molar-refractivity contribution in [3.05, 3.63) is 85.0 Å². The first-order valence-electron chi connectivity index (χ1n) is 10.4. The van der Waals surface area contributed by atoms with Crippen molar-refractivity contribution in [1.82, 2.24) is 9.97 Å². The molecule has 0 amide bonds. The molecule has 2 aromatic carbocycles. The van der Waals surface area contributed by atoms with Crippen molar-refractivity contribution in [2.45, 2.75) is 32.3 Å². The fourth-order valence-corrected chi connectivity index (χ4v) is 3.09. The number of nitrogens with zero attached hydrogens (tertiary/aromatic N) is 2. The monoisotopic (exact) mass is 418 g/mol. The van der Waals surface area contributed by atoms with E-state index in [1.165, 1.54) is 0 Å². The van der Waals surface area contributed by atoms with E-state index in [9.17, 15) is 9.50 Å². The summed E-state index contributed by atoms with van der Waals surface area (Å²) >= 11 is 0. The average molecular weight is 419 g/mol. The third-order valence-corrected chi connectivity index (χ3v) is 4.76. The Hall–Kier alpha value is -3.31. The zero-order chi connectivity index (χ0) is 22.1. The summed E-state index contributed by atoms with van der Waals surface area (Å²) in [7, 11) is 0. The molecule has 31 heavy (non-hydrogen) atoms. The summed E-state index contributed by atoms with van der Waals surface area (Å²) in [6.07, 6.45) is 10.8. The molecule has 0 spiro atoms. The highest BCUT2D eigenvalue weighted by molar-refractivity contribution is 5.69. The van der Waals surface area contributed by atoms with Gasteiger partial charge in [-0.15, -0.1) is 0 Å². The highest BCUT2D eigenvalue weighted by atomic mass is 19.1. The predicted octanol–water partition coefficient (Wildman–Crippen LogP) is 6.08. The number of aliphatic hydroxyl groups excluding tert-OH is 1. The standard InChI is InChI=1S/C26H27FN2O2/c1-3-15-31-24-17-28-26(29-18-24)22-12-9-20(10-13-22)23-14-11-21(25(27)16-23)8-6-4-5-7-19(2)30/h3,6,8-14,16-19,30H,1,4-5,7,15H2,2H3. The molecule has 160 valence electrons. The molecule has 3 aromatic rings. The Labute approximate surface area is 182 Å². The maximum atomic E-state index is 14.5. The molecule has 1 aromatic heterocycles. The van der Waals surface area contributed by atoms with Gasteiger partial charge in [-0.2, -0.15) is 0 Å². The van der Waals surface area contributed by atoms with Gasteiger partial charge in [0.1, 0.15) is 12.4 Å². The van der Waals surface area contributed by atoms with Crippen LogP contribution >= 0.6 is 0 Å². The number of allylic oxidation sites excluding steroid dienone is 1. The van der Waals surface area contributed by atoms with Crippen molar-refractivity contribution < 1.29 is 14.2 Å². The maximum absolute atomic E-state index is 14.5. The van der Waals surface area contributed by atoms with E-state index in [2.05, 4.69) is 16.5 Å². The number of hydrogen-bond donors (Lipinski definition) is 1. The molecule has 1 heterocycles. The number of halogens is 1. The first-order chi connectivity index (χ1) is 15.1. The van der Waals surface area contributed by atoms with Crippen LogP contribution in [0.15, 0.2) is 73.6 Å². The quantitative estimate of drug-likeness (QED) is 0.320. The van der Waals surface area contributed by atoms with Crippen LogP contribution in [0.1, 0.15) is 31.7 Å². The Morgan fingerprint density at radius 1 is 1.06 bits per heavy atom. The second-order valence-corrected chi connectivity index (χ2v) is 7.34. The molecule has 0 aliphatic carbocycles. The third kappa shape index (κ3) is 6.59. The van der Waals surface area contributed by atoms with Gasteiger partial charge in [-0.3, -0.25) is 0 Å². The summed E-state index contributed by atoms with van der Waals surface area (Å²) < 4.78 is 19.9. The number of hydrogen-bond acceptors (Lipinski definition) is 4. The number of rotatable bonds is 10. The van der Waals surface area contributed by atoms with Gasteiger partial charge in [-0.25, -0.2) is 14.4 Å². The van der Waals surface area contributed by atoms with E-state index in [1.54, 1.807) is 43.6 Å². The van der Waals surface area contributed by atoms with E-state index in [0.717, 1.165) is 36.0 Å². The van der Waals surface area contributed by atoms with Gasteiger partial charge in [0, 0.05) is 11.1 Å². The van der Waals surface area contributed by atoms with Gasteiger partial charge in [0.25, 0.3) is 0 Å². The number of aromatic nitrogens is 2. The molecular formula is C26H27FN2O2. The molecule has 3 rings (SSSR count). The predicted molar refractivity (Wildman–Crippen MR) is 123 cm³/mol. The van der Waals surface area contributed by atoms with Crippen LogP contribution in [0.25, 0.3) is 28.6 Å². The molecular weight excluding hydrogens is 391 g/mol. The van der Waals surface area contributed by atoms with Crippen molar-refractivity contribution in [2.24, 2.45) is 0 Å². The SMILES string of the molecule is C=CCOc1cnc(-c2ccc(-c3ccc(C=CCCCC(C)O)c(F)c3)cc2)nc1. The molecule has 4 nitrogen and oxygen atoms in total. The van der Waals surface area contributed by atoms with Gasteiger partial charge in [0.05, 0.1) is 18.5 Å². The zero-order valence-corrected chi connectivity index (χ0v) is 17.7. The van der Waals surface area contributed by atoms with Crippen LogP contribution in [0.3, 0.4) is 0 Å². The Balaban J connectivity index is 1.66. The van der Waals surface area contributed by atoms with E-state index in [-0.39, 0.29) is 11.9 Å². The Morgan fingerprint density at radius 3 is 2.39 bits per heavy atom. The molecule has 0 radical (unpaired) electrons. The van der Waals surface area contributed by atoms with Gasteiger partial charge in [-0.1, -0.05) is 61.2 Å². The van der Waals surface area contributed by atoms with Gasteiger partial charge in [0.15, 0.2) is 11.6 Å². The second kappa shape index (κ2) is 11.2. The highest BCUT2D eigenvalue weighted by Gasteiger charge is 2.06. The Kier molecular flexibility index (Phi) is 8.07. The maximum Gasteiger partial charge on any atom is 0.159 e. The van der Waals surface area contributed by atoms with Crippen molar-refractivity contribution in [1.29, 1.82) is 0 Å².